The number of hydrogen-bond donors (Lipinski definition) is 0. The second-order valence-corrected chi connectivity index (χ2v) is 6.19. The minimum absolute atomic E-state index is 0.00657. The fourth-order valence-corrected chi connectivity index (χ4v) is 2.95. The summed E-state index contributed by atoms with van der Waals surface area (Å²) in [5.41, 5.74) is 1.58. The van der Waals surface area contributed by atoms with Crippen LogP contribution < -0.4 is 4.74 Å². The summed E-state index contributed by atoms with van der Waals surface area (Å²) >= 11 is 0. The van der Waals surface area contributed by atoms with E-state index in [9.17, 15) is 4.79 Å². The van der Waals surface area contributed by atoms with Gasteiger partial charge in [0.2, 0.25) is 11.7 Å². The van der Waals surface area contributed by atoms with Gasteiger partial charge in [0.25, 0.3) is 5.91 Å². The molecule has 0 N–H and O–H groups in total. The largest absolute Gasteiger partial charge is 0.494 e. The average molecular weight is 349 g/mol. The van der Waals surface area contributed by atoms with E-state index in [1.165, 1.54) is 0 Å². The third kappa shape index (κ3) is 3.18. The number of rotatable bonds is 5. The molecule has 1 aliphatic heterocycles. The van der Waals surface area contributed by atoms with Crippen molar-refractivity contribution in [3.8, 4) is 17.1 Å². The number of hydrogen-bond acceptors (Lipinski definition) is 5. The van der Waals surface area contributed by atoms with E-state index in [-0.39, 0.29) is 11.8 Å². The number of benzene rings is 2. The van der Waals surface area contributed by atoms with Gasteiger partial charge in [0.1, 0.15) is 5.75 Å². The number of aromatic nitrogens is 2. The van der Waals surface area contributed by atoms with Crippen LogP contribution in [-0.4, -0.2) is 40.6 Å². The van der Waals surface area contributed by atoms with Crippen molar-refractivity contribution in [3.63, 3.8) is 0 Å². The Bertz CT molecular complexity index is 884. The molecule has 1 aromatic heterocycles. The first-order valence-electron chi connectivity index (χ1n) is 8.65. The molecule has 2 aromatic carbocycles. The van der Waals surface area contributed by atoms with Crippen molar-refractivity contribution >= 4 is 5.91 Å². The molecule has 0 saturated carbocycles. The van der Waals surface area contributed by atoms with Gasteiger partial charge in [0.15, 0.2) is 0 Å². The Morgan fingerprint density at radius 1 is 1.15 bits per heavy atom. The molecule has 26 heavy (non-hydrogen) atoms. The minimum Gasteiger partial charge on any atom is -0.494 e. The molecule has 0 unspecified atom stereocenters. The minimum atomic E-state index is 0.00657. The predicted octanol–water partition coefficient (Wildman–Crippen LogP) is 3.37. The second kappa shape index (κ2) is 7.00. The molecular formula is C20H19N3O3. The van der Waals surface area contributed by atoms with Gasteiger partial charge in [-0.2, -0.15) is 4.98 Å². The Hall–Kier alpha value is -3.15. The number of carbonyl (C=O) groups excluding carboxylic acids is 1. The topological polar surface area (TPSA) is 68.5 Å². The summed E-state index contributed by atoms with van der Waals surface area (Å²) in [7, 11) is 0. The number of ether oxygens (including phenoxy) is 1. The first kappa shape index (κ1) is 16.3. The molecule has 0 atom stereocenters. The van der Waals surface area contributed by atoms with Crippen molar-refractivity contribution < 1.29 is 14.1 Å². The van der Waals surface area contributed by atoms with E-state index in [0.717, 1.165) is 11.3 Å². The second-order valence-electron chi connectivity index (χ2n) is 6.19. The van der Waals surface area contributed by atoms with Crippen LogP contribution in [0.4, 0.5) is 0 Å². The number of amides is 1. The standard InChI is InChI=1S/C20H19N3O3/c1-2-25-17-10-8-15(9-11-17)20(24)23-12-16(13-23)19-21-18(22-26-19)14-6-4-3-5-7-14/h3-11,16H,2,12-13H2,1H3. The molecule has 4 rings (SSSR count). The molecular weight excluding hydrogens is 330 g/mol. The smallest absolute Gasteiger partial charge is 0.253 e. The predicted molar refractivity (Wildman–Crippen MR) is 96.0 cm³/mol. The Morgan fingerprint density at radius 3 is 2.58 bits per heavy atom. The van der Waals surface area contributed by atoms with Gasteiger partial charge in [-0.15, -0.1) is 0 Å². The van der Waals surface area contributed by atoms with E-state index in [1.807, 2.05) is 49.4 Å². The van der Waals surface area contributed by atoms with E-state index in [2.05, 4.69) is 10.1 Å². The lowest BCUT2D eigenvalue weighted by atomic mass is 9.98. The van der Waals surface area contributed by atoms with Gasteiger partial charge >= 0.3 is 0 Å². The van der Waals surface area contributed by atoms with Gasteiger partial charge < -0.3 is 14.2 Å². The van der Waals surface area contributed by atoms with Crippen molar-refractivity contribution in [1.29, 1.82) is 0 Å². The van der Waals surface area contributed by atoms with Crippen LogP contribution in [-0.2, 0) is 0 Å². The highest BCUT2D eigenvalue weighted by Crippen LogP contribution is 2.29. The van der Waals surface area contributed by atoms with E-state index >= 15 is 0 Å². The first-order valence-corrected chi connectivity index (χ1v) is 8.65. The van der Waals surface area contributed by atoms with Gasteiger partial charge in [-0.1, -0.05) is 35.5 Å². The molecule has 1 saturated heterocycles. The van der Waals surface area contributed by atoms with Crippen LogP contribution in [0.3, 0.4) is 0 Å². The van der Waals surface area contributed by atoms with Crippen molar-refractivity contribution in [3.05, 3.63) is 66.1 Å². The molecule has 3 aromatic rings. The van der Waals surface area contributed by atoms with Gasteiger partial charge in [0.05, 0.1) is 12.5 Å². The Balaban J connectivity index is 1.38. The SMILES string of the molecule is CCOc1ccc(C(=O)N2CC(c3nc(-c4ccccc4)no3)C2)cc1. The lowest BCUT2D eigenvalue weighted by Crippen LogP contribution is -2.48. The molecule has 0 bridgehead atoms. The van der Waals surface area contributed by atoms with Crippen LogP contribution in [0.25, 0.3) is 11.4 Å². The summed E-state index contributed by atoms with van der Waals surface area (Å²) in [4.78, 5) is 18.8. The van der Waals surface area contributed by atoms with Crippen LogP contribution in [0.1, 0.15) is 29.1 Å². The van der Waals surface area contributed by atoms with Crippen LogP contribution in [0, 0.1) is 0 Å². The number of nitrogens with zero attached hydrogens (tertiary/aromatic N) is 3. The fourth-order valence-electron chi connectivity index (χ4n) is 2.95. The van der Waals surface area contributed by atoms with Crippen LogP contribution >= 0.6 is 0 Å². The van der Waals surface area contributed by atoms with Crippen molar-refractivity contribution in [1.82, 2.24) is 15.0 Å². The van der Waals surface area contributed by atoms with Crippen LogP contribution in [0.5, 0.6) is 5.75 Å². The molecule has 6 heteroatoms. The number of carbonyl (C=O) groups is 1. The third-order valence-electron chi connectivity index (χ3n) is 4.40. The van der Waals surface area contributed by atoms with Gasteiger partial charge in [-0.3, -0.25) is 4.79 Å². The van der Waals surface area contributed by atoms with Gasteiger partial charge in [-0.25, -0.2) is 0 Å². The normalized spacial score (nSPS) is 14.1. The maximum absolute atomic E-state index is 12.5. The van der Waals surface area contributed by atoms with Crippen LogP contribution in [0.15, 0.2) is 59.1 Å². The Labute approximate surface area is 151 Å². The van der Waals surface area contributed by atoms with Gasteiger partial charge in [-0.05, 0) is 31.2 Å². The summed E-state index contributed by atoms with van der Waals surface area (Å²) in [5, 5.41) is 4.04. The highest BCUT2D eigenvalue weighted by atomic mass is 16.5. The summed E-state index contributed by atoms with van der Waals surface area (Å²) in [6.45, 7) is 3.71. The summed E-state index contributed by atoms with van der Waals surface area (Å²) in [6, 6.07) is 16.9. The Morgan fingerprint density at radius 2 is 1.88 bits per heavy atom. The zero-order chi connectivity index (χ0) is 17.9. The monoisotopic (exact) mass is 349 g/mol. The first-order chi connectivity index (χ1) is 12.7. The summed E-state index contributed by atoms with van der Waals surface area (Å²) < 4.78 is 10.8. The molecule has 1 amide bonds. The highest BCUT2D eigenvalue weighted by Gasteiger charge is 2.36. The lowest BCUT2D eigenvalue weighted by Gasteiger charge is -2.37. The molecule has 1 fully saturated rings. The number of likely N-dealkylation sites (tertiary alicyclic amines) is 1. The highest BCUT2D eigenvalue weighted by molar-refractivity contribution is 5.95. The molecule has 1 aliphatic rings. The van der Waals surface area contributed by atoms with Crippen molar-refractivity contribution in [2.24, 2.45) is 0 Å². The average Bonchev–Trinajstić information content (AvgIpc) is 3.12. The molecule has 132 valence electrons. The zero-order valence-corrected chi connectivity index (χ0v) is 14.5. The maximum Gasteiger partial charge on any atom is 0.253 e. The fraction of sp³-hybridized carbons (Fsp3) is 0.250. The maximum atomic E-state index is 12.5. The van der Waals surface area contributed by atoms with Gasteiger partial charge in [0, 0.05) is 24.2 Å². The van der Waals surface area contributed by atoms with E-state index in [0.29, 0.717) is 37.0 Å². The molecule has 0 radical (unpaired) electrons. The molecule has 0 spiro atoms. The van der Waals surface area contributed by atoms with E-state index in [1.54, 1.807) is 17.0 Å². The summed E-state index contributed by atoms with van der Waals surface area (Å²) in [6.07, 6.45) is 0. The van der Waals surface area contributed by atoms with E-state index in [4.69, 9.17) is 9.26 Å². The van der Waals surface area contributed by atoms with E-state index < -0.39 is 0 Å². The third-order valence-corrected chi connectivity index (χ3v) is 4.40. The lowest BCUT2D eigenvalue weighted by molar-refractivity contribution is 0.0569. The zero-order valence-electron chi connectivity index (χ0n) is 14.5. The van der Waals surface area contributed by atoms with Crippen molar-refractivity contribution in [2.45, 2.75) is 12.8 Å². The quantitative estimate of drug-likeness (QED) is 0.706. The van der Waals surface area contributed by atoms with Crippen LogP contribution in [0.2, 0.25) is 0 Å². The summed E-state index contributed by atoms with van der Waals surface area (Å²) in [5.74, 6) is 2.03. The molecule has 0 aliphatic carbocycles. The van der Waals surface area contributed by atoms with Crippen molar-refractivity contribution in [2.75, 3.05) is 19.7 Å². The molecule has 6 nitrogen and oxygen atoms in total. The molecule has 2 heterocycles. The Kier molecular flexibility index (Phi) is 4.39.